The van der Waals surface area contributed by atoms with Crippen LogP contribution >= 0.6 is 0 Å². The molecule has 0 atom stereocenters. The molecule has 0 aromatic heterocycles. The van der Waals surface area contributed by atoms with Crippen LogP contribution < -0.4 is 10.6 Å². The molecule has 1 fully saturated rings. The molecule has 0 spiro atoms. The summed E-state index contributed by atoms with van der Waals surface area (Å²) in [4.78, 5) is 7.16. The van der Waals surface area contributed by atoms with Gasteiger partial charge >= 0.3 is 0 Å². The topological polar surface area (TPSA) is 39.7 Å². The minimum Gasteiger partial charge on any atom is -0.357 e. The molecule has 0 bridgehead atoms. The van der Waals surface area contributed by atoms with E-state index >= 15 is 0 Å². The van der Waals surface area contributed by atoms with E-state index in [1.54, 1.807) is 0 Å². The third kappa shape index (κ3) is 8.09. The summed E-state index contributed by atoms with van der Waals surface area (Å²) in [7, 11) is 0. The molecule has 1 heterocycles. The highest BCUT2D eigenvalue weighted by Gasteiger charge is 2.09. The van der Waals surface area contributed by atoms with Gasteiger partial charge in [0, 0.05) is 26.2 Å². The molecule has 0 aromatic carbocycles. The first-order valence-corrected chi connectivity index (χ1v) is 7.97. The van der Waals surface area contributed by atoms with Gasteiger partial charge in [-0.25, -0.2) is 0 Å². The molecule has 1 aliphatic heterocycles. The van der Waals surface area contributed by atoms with Crippen LogP contribution in [0.15, 0.2) is 4.99 Å². The lowest BCUT2D eigenvalue weighted by molar-refractivity contribution is 0.232. The first-order valence-electron chi connectivity index (χ1n) is 7.97. The predicted octanol–water partition coefficient (Wildman–Crippen LogP) is 2.07. The van der Waals surface area contributed by atoms with Crippen molar-refractivity contribution in [2.24, 2.45) is 10.9 Å². The first-order chi connectivity index (χ1) is 9.22. The van der Waals surface area contributed by atoms with Crippen molar-refractivity contribution in [3.63, 3.8) is 0 Å². The number of rotatable bonds is 7. The van der Waals surface area contributed by atoms with E-state index in [-0.39, 0.29) is 0 Å². The van der Waals surface area contributed by atoms with Gasteiger partial charge in [-0.05, 0) is 45.2 Å². The van der Waals surface area contributed by atoms with Crippen molar-refractivity contribution in [2.45, 2.75) is 46.5 Å². The highest BCUT2D eigenvalue weighted by atomic mass is 15.2. The smallest absolute Gasteiger partial charge is 0.191 e. The maximum absolute atomic E-state index is 4.61. The van der Waals surface area contributed by atoms with E-state index in [1.165, 1.54) is 32.4 Å². The monoisotopic (exact) mass is 268 g/mol. The quantitative estimate of drug-likeness (QED) is 0.548. The van der Waals surface area contributed by atoms with E-state index < -0.39 is 0 Å². The molecule has 0 aromatic rings. The second-order valence-electron chi connectivity index (χ2n) is 5.77. The summed E-state index contributed by atoms with van der Waals surface area (Å²) in [6, 6.07) is 0. The van der Waals surface area contributed by atoms with Crippen molar-refractivity contribution in [3.05, 3.63) is 0 Å². The highest BCUT2D eigenvalue weighted by molar-refractivity contribution is 5.79. The number of nitrogens with one attached hydrogen (secondary N) is 2. The first kappa shape index (κ1) is 16.3. The average Bonchev–Trinajstić information content (AvgIpc) is 2.39. The predicted molar refractivity (Wildman–Crippen MR) is 83.7 cm³/mol. The molecular weight excluding hydrogens is 236 g/mol. The summed E-state index contributed by atoms with van der Waals surface area (Å²) < 4.78 is 0. The van der Waals surface area contributed by atoms with Crippen LogP contribution in [0.3, 0.4) is 0 Å². The van der Waals surface area contributed by atoms with Crippen LogP contribution in [0.5, 0.6) is 0 Å². The normalized spacial score (nSPS) is 17.8. The van der Waals surface area contributed by atoms with E-state index in [4.69, 9.17) is 0 Å². The Hall–Kier alpha value is -0.770. The molecule has 4 heteroatoms. The Morgan fingerprint density at radius 2 is 1.89 bits per heavy atom. The van der Waals surface area contributed by atoms with Crippen molar-refractivity contribution in [1.82, 2.24) is 15.5 Å². The summed E-state index contributed by atoms with van der Waals surface area (Å²) in [6.45, 7) is 13.1. The lowest BCUT2D eigenvalue weighted by Gasteiger charge is -2.26. The van der Waals surface area contributed by atoms with Crippen LogP contribution in [-0.2, 0) is 0 Å². The van der Waals surface area contributed by atoms with E-state index in [1.807, 2.05) is 0 Å². The maximum Gasteiger partial charge on any atom is 0.191 e. The standard InChI is InChI=1S/C15H32N4/c1-4-16-15(17-9-8-14(2)3)18-10-13-19-11-6-5-7-12-19/h14H,4-13H2,1-3H3,(H2,16,17,18). The maximum atomic E-state index is 4.61. The minimum absolute atomic E-state index is 0.722. The van der Waals surface area contributed by atoms with E-state index in [9.17, 15) is 0 Å². The molecule has 0 saturated carbocycles. The van der Waals surface area contributed by atoms with Crippen LogP contribution in [0.25, 0.3) is 0 Å². The number of guanidine groups is 1. The Morgan fingerprint density at radius 3 is 2.53 bits per heavy atom. The number of piperidine rings is 1. The largest absolute Gasteiger partial charge is 0.357 e. The van der Waals surface area contributed by atoms with E-state index in [0.717, 1.165) is 44.5 Å². The fourth-order valence-electron chi connectivity index (χ4n) is 2.29. The number of hydrogen-bond acceptors (Lipinski definition) is 2. The number of aliphatic imine (C=N–C) groups is 1. The Labute approximate surface area is 119 Å². The fourth-order valence-corrected chi connectivity index (χ4v) is 2.29. The van der Waals surface area contributed by atoms with Crippen molar-refractivity contribution >= 4 is 5.96 Å². The molecule has 1 aliphatic rings. The summed E-state index contributed by atoms with van der Waals surface area (Å²) >= 11 is 0. The summed E-state index contributed by atoms with van der Waals surface area (Å²) in [5.41, 5.74) is 0. The van der Waals surface area contributed by atoms with Crippen molar-refractivity contribution in [2.75, 3.05) is 39.3 Å². The molecular formula is C15H32N4. The number of likely N-dealkylation sites (tertiary alicyclic amines) is 1. The Balaban J connectivity index is 2.20. The van der Waals surface area contributed by atoms with Crippen LogP contribution in [0.1, 0.15) is 46.5 Å². The summed E-state index contributed by atoms with van der Waals surface area (Å²) in [5, 5.41) is 6.75. The second-order valence-corrected chi connectivity index (χ2v) is 5.77. The van der Waals surface area contributed by atoms with Gasteiger partial charge in [0.2, 0.25) is 0 Å². The molecule has 1 rings (SSSR count). The lowest BCUT2D eigenvalue weighted by atomic mass is 10.1. The van der Waals surface area contributed by atoms with Gasteiger partial charge in [0.05, 0.1) is 0 Å². The van der Waals surface area contributed by atoms with Crippen LogP contribution in [0.4, 0.5) is 0 Å². The summed E-state index contributed by atoms with van der Waals surface area (Å²) in [6.07, 6.45) is 5.29. The number of nitrogens with zero attached hydrogens (tertiary/aromatic N) is 2. The molecule has 4 nitrogen and oxygen atoms in total. The van der Waals surface area contributed by atoms with Gasteiger partial charge in [-0.15, -0.1) is 0 Å². The van der Waals surface area contributed by atoms with Crippen molar-refractivity contribution in [3.8, 4) is 0 Å². The Bertz CT molecular complexity index is 245. The lowest BCUT2D eigenvalue weighted by Crippen LogP contribution is -2.42. The highest BCUT2D eigenvalue weighted by Crippen LogP contribution is 2.07. The summed E-state index contributed by atoms with van der Waals surface area (Å²) in [5.74, 6) is 1.69. The molecule has 0 amide bonds. The van der Waals surface area contributed by atoms with Crippen molar-refractivity contribution < 1.29 is 0 Å². The third-order valence-electron chi connectivity index (χ3n) is 3.49. The zero-order chi connectivity index (χ0) is 13.9. The molecule has 19 heavy (non-hydrogen) atoms. The fraction of sp³-hybridized carbons (Fsp3) is 0.933. The van der Waals surface area contributed by atoms with Gasteiger partial charge in [-0.1, -0.05) is 20.3 Å². The van der Waals surface area contributed by atoms with Gasteiger partial charge in [0.25, 0.3) is 0 Å². The third-order valence-corrected chi connectivity index (χ3v) is 3.49. The van der Waals surface area contributed by atoms with Gasteiger partial charge < -0.3 is 15.5 Å². The second kappa shape index (κ2) is 10.1. The van der Waals surface area contributed by atoms with E-state index in [0.29, 0.717) is 0 Å². The molecule has 1 saturated heterocycles. The van der Waals surface area contributed by atoms with Crippen molar-refractivity contribution in [1.29, 1.82) is 0 Å². The Morgan fingerprint density at radius 1 is 1.16 bits per heavy atom. The zero-order valence-electron chi connectivity index (χ0n) is 13.0. The number of hydrogen-bond donors (Lipinski definition) is 2. The SMILES string of the molecule is CCNC(=NCCC(C)C)NCCN1CCCCC1. The van der Waals surface area contributed by atoms with Crippen LogP contribution in [-0.4, -0.2) is 50.1 Å². The van der Waals surface area contributed by atoms with E-state index in [2.05, 4.69) is 41.3 Å². The molecule has 0 radical (unpaired) electrons. The zero-order valence-corrected chi connectivity index (χ0v) is 13.0. The van der Waals surface area contributed by atoms with Gasteiger partial charge in [0.15, 0.2) is 5.96 Å². The van der Waals surface area contributed by atoms with Crippen LogP contribution in [0.2, 0.25) is 0 Å². The molecule has 0 unspecified atom stereocenters. The van der Waals surface area contributed by atoms with Gasteiger partial charge in [-0.2, -0.15) is 0 Å². The van der Waals surface area contributed by atoms with Gasteiger partial charge in [-0.3, -0.25) is 4.99 Å². The minimum atomic E-state index is 0.722. The van der Waals surface area contributed by atoms with Gasteiger partial charge in [0.1, 0.15) is 0 Å². The average molecular weight is 268 g/mol. The molecule has 112 valence electrons. The molecule has 0 aliphatic carbocycles. The molecule has 2 N–H and O–H groups in total. The van der Waals surface area contributed by atoms with Crippen LogP contribution in [0, 0.1) is 5.92 Å². The Kier molecular flexibility index (Phi) is 8.63.